The average molecular weight is 197 g/mol. The Hall–Kier alpha value is -1.01. The van der Waals surface area contributed by atoms with Crippen molar-refractivity contribution < 1.29 is 4.39 Å². The lowest BCUT2D eigenvalue weighted by Crippen LogP contribution is -1.88. The van der Waals surface area contributed by atoms with Crippen molar-refractivity contribution in [3.05, 3.63) is 29.1 Å². The van der Waals surface area contributed by atoms with Crippen molar-refractivity contribution in [3.63, 3.8) is 0 Å². The van der Waals surface area contributed by atoms with Gasteiger partial charge in [-0.05, 0) is 18.6 Å². The fourth-order valence-corrected chi connectivity index (χ4v) is 1.01. The van der Waals surface area contributed by atoms with Crippen LogP contribution < -0.4 is 0 Å². The molecule has 0 bridgehead atoms. The second-order valence-corrected chi connectivity index (χ2v) is 2.65. The molecule has 0 saturated heterocycles. The molecular formula is C10H12FNS. The number of rotatable bonds is 0. The first-order valence-electron chi connectivity index (χ1n) is 4.05. The molecule has 1 nitrogen and oxygen atoms in total. The lowest BCUT2D eigenvalue weighted by molar-refractivity contribution is 0.619. The van der Waals surface area contributed by atoms with E-state index in [0.717, 1.165) is 5.56 Å². The van der Waals surface area contributed by atoms with Gasteiger partial charge in [0.25, 0.3) is 0 Å². The number of nitrogens with zero attached hydrogens (tertiary/aromatic N) is 1. The van der Waals surface area contributed by atoms with Gasteiger partial charge in [0.05, 0.1) is 0 Å². The summed E-state index contributed by atoms with van der Waals surface area (Å²) < 4.78 is 12.8. The summed E-state index contributed by atoms with van der Waals surface area (Å²) in [6.45, 7) is 5.78. The zero-order chi connectivity index (χ0) is 10.4. The SMILES string of the molecule is CC.Cc1ccc(F)c(C#N)c1S. The van der Waals surface area contributed by atoms with Crippen molar-refractivity contribution in [2.45, 2.75) is 25.7 Å². The van der Waals surface area contributed by atoms with Crippen LogP contribution in [0.25, 0.3) is 0 Å². The molecule has 1 rings (SSSR count). The van der Waals surface area contributed by atoms with Crippen LogP contribution in [0.4, 0.5) is 4.39 Å². The summed E-state index contributed by atoms with van der Waals surface area (Å²) in [5.41, 5.74) is 0.833. The molecule has 0 fully saturated rings. The van der Waals surface area contributed by atoms with Crippen molar-refractivity contribution in [1.82, 2.24) is 0 Å². The summed E-state index contributed by atoms with van der Waals surface area (Å²) in [5.74, 6) is -0.511. The van der Waals surface area contributed by atoms with Gasteiger partial charge >= 0.3 is 0 Å². The van der Waals surface area contributed by atoms with E-state index >= 15 is 0 Å². The summed E-state index contributed by atoms with van der Waals surface area (Å²) in [5, 5.41) is 8.48. The molecule has 0 aliphatic carbocycles. The Morgan fingerprint density at radius 3 is 2.31 bits per heavy atom. The topological polar surface area (TPSA) is 23.8 Å². The van der Waals surface area contributed by atoms with E-state index in [1.165, 1.54) is 6.07 Å². The molecular weight excluding hydrogens is 185 g/mol. The van der Waals surface area contributed by atoms with Gasteiger partial charge in [-0.15, -0.1) is 12.6 Å². The maximum absolute atomic E-state index is 12.8. The number of halogens is 1. The third kappa shape index (κ3) is 2.74. The van der Waals surface area contributed by atoms with E-state index in [9.17, 15) is 4.39 Å². The normalized spacial score (nSPS) is 8.31. The Labute approximate surface area is 83.6 Å². The highest BCUT2D eigenvalue weighted by molar-refractivity contribution is 7.80. The number of nitriles is 1. The Balaban J connectivity index is 0.000000671. The van der Waals surface area contributed by atoms with Crippen LogP contribution in [0.2, 0.25) is 0 Å². The third-order valence-corrected chi connectivity index (χ3v) is 2.02. The first kappa shape index (κ1) is 12.0. The fourth-order valence-electron chi connectivity index (χ4n) is 0.777. The summed E-state index contributed by atoms with van der Waals surface area (Å²) in [6, 6.07) is 4.62. The molecule has 0 heterocycles. The predicted octanol–water partition coefficient (Wildman–Crippen LogP) is 3.32. The summed E-state index contributed by atoms with van der Waals surface area (Å²) in [4.78, 5) is 0.424. The van der Waals surface area contributed by atoms with Crippen LogP contribution in [0.5, 0.6) is 0 Å². The Morgan fingerprint density at radius 1 is 1.38 bits per heavy atom. The molecule has 0 radical (unpaired) electrons. The highest BCUT2D eigenvalue weighted by atomic mass is 32.1. The van der Waals surface area contributed by atoms with E-state index < -0.39 is 5.82 Å². The molecule has 0 atom stereocenters. The van der Waals surface area contributed by atoms with Crippen molar-refractivity contribution >= 4 is 12.6 Å². The zero-order valence-electron chi connectivity index (χ0n) is 7.93. The predicted molar refractivity (Wildman–Crippen MR) is 54.5 cm³/mol. The Morgan fingerprint density at radius 2 is 1.92 bits per heavy atom. The van der Waals surface area contributed by atoms with E-state index in [0.29, 0.717) is 4.90 Å². The zero-order valence-corrected chi connectivity index (χ0v) is 8.82. The number of thiol groups is 1. The molecule has 0 aliphatic rings. The second-order valence-electron chi connectivity index (χ2n) is 2.20. The van der Waals surface area contributed by atoms with Gasteiger partial charge in [-0.1, -0.05) is 19.9 Å². The molecule has 3 heteroatoms. The molecule has 0 spiro atoms. The Bertz CT molecular complexity index is 328. The molecule has 13 heavy (non-hydrogen) atoms. The van der Waals surface area contributed by atoms with Gasteiger partial charge in [-0.2, -0.15) is 5.26 Å². The smallest absolute Gasteiger partial charge is 0.142 e. The van der Waals surface area contributed by atoms with Crippen molar-refractivity contribution in [1.29, 1.82) is 5.26 Å². The van der Waals surface area contributed by atoms with Crippen LogP contribution in [-0.2, 0) is 0 Å². The van der Waals surface area contributed by atoms with Crippen LogP contribution in [0.1, 0.15) is 25.0 Å². The minimum absolute atomic E-state index is 0.0216. The van der Waals surface area contributed by atoms with E-state index in [1.54, 1.807) is 19.1 Å². The molecule has 0 amide bonds. The number of hydrogen-bond acceptors (Lipinski definition) is 2. The van der Waals surface area contributed by atoms with E-state index in [4.69, 9.17) is 5.26 Å². The summed E-state index contributed by atoms with van der Waals surface area (Å²) >= 11 is 4.00. The van der Waals surface area contributed by atoms with Gasteiger partial charge in [0, 0.05) is 4.90 Å². The van der Waals surface area contributed by atoms with Gasteiger partial charge in [-0.3, -0.25) is 0 Å². The highest BCUT2D eigenvalue weighted by Gasteiger charge is 2.06. The van der Waals surface area contributed by atoms with E-state index in [-0.39, 0.29) is 5.56 Å². The van der Waals surface area contributed by atoms with Gasteiger partial charge in [0.2, 0.25) is 0 Å². The minimum Gasteiger partial charge on any atom is -0.206 e. The first-order chi connectivity index (χ1) is 6.16. The lowest BCUT2D eigenvalue weighted by Gasteiger charge is -2.00. The van der Waals surface area contributed by atoms with Crippen molar-refractivity contribution in [2.24, 2.45) is 0 Å². The standard InChI is InChI=1S/C8H6FNS.C2H6/c1-5-2-3-7(9)6(4-10)8(5)11;1-2/h2-3,11H,1H3;1-2H3. The van der Waals surface area contributed by atoms with Crippen LogP contribution in [0, 0.1) is 24.1 Å². The maximum Gasteiger partial charge on any atom is 0.142 e. The minimum atomic E-state index is -0.511. The second kappa shape index (κ2) is 5.60. The Kier molecular flexibility index (Phi) is 5.17. The third-order valence-electron chi connectivity index (χ3n) is 1.44. The molecule has 0 aromatic heterocycles. The first-order valence-corrected chi connectivity index (χ1v) is 4.49. The monoisotopic (exact) mass is 197 g/mol. The summed E-state index contributed by atoms with van der Waals surface area (Å²) in [6.07, 6.45) is 0. The fraction of sp³-hybridized carbons (Fsp3) is 0.300. The average Bonchev–Trinajstić information content (AvgIpc) is 2.16. The van der Waals surface area contributed by atoms with Crippen LogP contribution in [-0.4, -0.2) is 0 Å². The number of benzene rings is 1. The van der Waals surface area contributed by atoms with Crippen LogP contribution in [0.15, 0.2) is 17.0 Å². The summed E-state index contributed by atoms with van der Waals surface area (Å²) in [7, 11) is 0. The van der Waals surface area contributed by atoms with Gasteiger partial charge in [0.1, 0.15) is 17.4 Å². The molecule has 0 aliphatic heterocycles. The number of aryl methyl sites for hydroxylation is 1. The molecule has 1 aromatic rings. The van der Waals surface area contributed by atoms with Gasteiger partial charge in [0.15, 0.2) is 0 Å². The molecule has 1 aromatic carbocycles. The lowest BCUT2D eigenvalue weighted by atomic mass is 10.1. The quantitative estimate of drug-likeness (QED) is 0.634. The van der Waals surface area contributed by atoms with Crippen LogP contribution >= 0.6 is 12.6 Å². The van der Waals surface area contributed by atoms with Gasteiger partial charge < -0.3 is 0 Å². The van der Waals surface area contributed by atoms with Crippen LogP contribution in [0.3, 0.4) is 0 Å². The van der Waals surface area contributed by atoms with E-state index in [1.807, 2.05) is 13.8 Å². The number of hydrogen-bond donors (Lipinski definition) is 1. The molecule has 70 valence electrons. The molecule has 0 saturated carbocycles. The van der Waals surface area contributed by atoms with E-state index in [2.05, 4.69) is 12.6 Å². The largest absolute Gasteiger partial charge is 0.206 e. The van der Waals surface area contributed by atoms with Crippen molar-refractivity contribution in [3.8, 4) is 6.07 Å². The molecule has 0 N–H and O–H groups in total. The molecule has 0 unspecified atom stereocenters. The highest BCUT2D eigenvalue weighted by Crippen LogP contribution is 2.20. The van der Waals surface area contributed by atoms with Gasteiger partial charge in [-0.25, -0.2) is 4.39 Å². The maximum atomic E-state index is 12.8. The van der Waals surface area contributed by atoms with Crippen molar-refractivity contribution in [2.75, 3.05) is 0 Å².